The van der Waals surface area contributed by atoms with E-state index in [-0.39, 0.29) is 17.7 Å². The summed E-state index contributed by atoms with van der Waals surface area (Å²) in [6.07, 6.45) is 8.81. The van der Waals surface area contributed by atoms with Crippen molar-refractivity contribution in [1.29, 1.82) is 0 Å². The van der Waals surface area contributed by atoms with Crippen molar-refractivity contribution in [3.05, 3.63) is 18.2 Å². The maximum absolute atomic E-state index is 12.3. The Morgan fingerprint density at radius 3 is 2.95 bits per heavy atom. The third-order valence-corrected chi connectivity index (χ3v) is 4.54. The first-order valence-corrected chi connectivity index (χ1v) is 8.26. The lowest BCUT2D eigenvalue weighted by atomic mass is 9.96. The molecule has 1 aliphatic heterocycles. The number of carbonyl (C=O) groups excluding carboxylic acids is 2. The van der Waals surface area contributed by atoms with Crippen LogP contribution in [0, 0.1) is 11.8 Å². The molecule has 1 saturated carbocycles. The highest BCUT2D eigenvalue weighted by Crippen LogP contribution is 2.28. The van der Waals surface area contributed by atoms with Gasteiger partial charge in [-0.15, -0.1) is 0 Å². The minimum Gasteiger partial charge on any atom is -0.356 e. The zero-order valence-electron chi connectivity index (χ0n) is 12.9. The molecule has 1 saturated heterocycles. The maximum atomic E-state index is 12.3. The Hall–Kier alpha value is -1.85. The zero-order valence-corrected chi connectivity index (χ0v) is 12.9. The van der Waals surface area contributed by atoms with Crippen LogP contribution >= 0.6 is 0 Å². The Labute approximate surface area is 130 Å². The quantitative estimate of drug-likeness (QED) is 0.826. The SMILES string of the molecule is O=C(NCC1CC1)[C@@H]1CCCN(C(=O)CCc2ncc[nH]2)C1. The van der Waals surface area contributed by atoms with E-state index in [4.69, 9.17) is 0 Å². The molecule has 0 bridgehead atoms. The van der Waals surface area contributed by atoms with Crippen LogP contribution in [0.15, 0.2) is 12.4 Å². The van der Waals surface area contributed by atoms with Gasteiger partial charge in [0.25, 0.3) is 0 Å². The molecule has 0 aromatic carbocycles. The van der Waals surface area contributed by atoms with E-state index in [0.29, 0.717) is 25.3 Å². The van der Waals surface area contributed by atoms with Crippen LogP contribution in [0.5, 0.6) is 0 Å². The summed E-state index contributed by atoms with van der Waals surface area (Å²) in [6, 6.07) is 0. The summed E-state index contributed by atoms with van der Waals surface area (Å²) in [7, 11) is 0. The Bertz CT molecular complexity index is 510. The van der Waals surface area contributed by atoms with Gasteiger partial charge >= 0.3 is 0 Å². The number of rotatable bonds is 6. The minimum absolute atomic E-state index is 0.0416. The minimum atomic E-state index is -0.0416. The molecule has 1 aromatic rings. The Balaban J connectivity index is 1.44. The van der Waals surface area contributed by atoms with Crippen molar-refractivity contribution in [3.8, 4) is 0 Å². The number of hydrogen-bond donors (Lipinski definition) is 2. The molecule has 2 heterocycles. The Kier molecular flexibility index (Phi) is 4.75. The molecule has 1 atom stereocenters. The standard InChI is InChI=1S/C16H24N4O2/c21-15(6-5-14-17-7-8-18-14)20-9-1-2-13(11-20)16(22)19-10-12-3-4-12/h7-8,12-13H,1-6,9-11H2,(H,17,18)(H,19,22)/t13-/m1/s1. The number of nitrogens with zero attached hydrogens (tertiary/aromatic N) is 2. The largest absolute Gasteiger partial charge is 0.356 e. The predicted molar refractivity (Wildman–Crippen MR) is 81.9 cm³/mol. The summed E-state index contributed by atoms with van der Waals surface area (Å²) >= 11 is 0. The first kappa shape index (κ1) is 15.1. The normalized spacial score (nSPS) is 21.6. The van der Waals surface area contributed by atoms with Gasteiger partial charge in [-0.1, -0.05) is 0 Å². The lowest BCUT2D eigenvalue weighted by Crippen LogP contribution is -2.45. The van der Waals surface area contributed by atoms with Gasteiger partial charge in [-0.05, 0) is 31.6 Å². The molecule has 2 amide bonds. The second kappa shape index (κ2) is 6.94. The highest BCUT2D eigenvalue weighted by Gasteiger charge is 2.29. The molecule has 0 unspecified atom stereocenters. The third kappa shape index (κ3) is 4.08. The fourth-order valence-electron chi connectivity index (χ4n) is 2.95. The number of nitrogens with one attached hydrogen (secondary N) is 2. The van der Waals surface area contributed by atoms with Crippen molar-refractivity contribution in [2.24, 2.45) is 11.8 Å². The zero-order chi connectivity index (χ0) is 15.4. The van der Waals surface area contributed by atoms with E-state index in [1.165, 1.54) is 12.8 Å². The molecule has 2 N–H and O–H groups in total. The van der Waals surface area contributed by atoms with E-state index in [0.717, 1.165) is 31.8 Å². The van der Waals surface area contributed by atoms with Gasteiger partial charge in [0.2, 0.25) is 11.8 Å². The number of imidazole rings is 1. The fourth-order valence-corrected chi connectivity index (χ4v) is 2.95. The van der Waals surface area contributed by atoms with Gasteiger partial charge in [-0.25, -0.2) is 4.98 Å². The van der Waals surface area contributed by atoms with E-state index >= 15 is 0 Å². The summed E-state index contributed by atoms with van der Waals surface area (Å²) in [4.78, 5) is 33.5. The van der Waals surface area contributed by atoms with Gasteiger partial charge in [0, 0.05) is 44.9 Å². The van der Waals surface area contributed by atoms with Crippen LogP contribution in [-0.4, -0.2) is 46.3 Å². The van der Waals surface area contributed by atoms with Crippen LogP contribution < -0.4 is 5.32 Å². The monoisotopic (exact) mass is 304 g/mol. The predicted octanol–water partition coefficient (Wildman–Crippen LogP) is 1.11. The van der Waals surface area contributed by atoms with Crippen LogP contribution in [0.25, 0.3) is 0 Å². The van der Waals surface area contributed by atoms with Crippen LogP contribution in [0.3, 0.4) is 0 Å². The number of carbonyl (C=O) groups is 2. The molecule has 120 valence electrons. The van der Waals surface area contributed by atoms with Crippen LogP contribution in [0.1, 0.15) is 37.9 Å². The average Bonchev–Trinajstić information content (AvgIpc) is 3.24. The van der Waals surface area contributed by atoms with Crippen molar-refractivity contribution in [2.45, 2.75) is 38.5 Å². The number of aryl methyl sites for hydroxylation is 1. The lowest BCUT2D eigenvalue weighted by Gasteiger charge is -2.32. The molecule has 22 heavy (non-hydrogen) atoms. The number of aromatic amines is 1. The third-order valence-electron chi connectivity index (χ3n) is 4.54. The van der Waals surface area contributed by atoms with Gasteiger partial charge in [0.05, 0.1) is 5.92 Å². The fraction of sp³-hybridized carbons (Fsp3) is 0.688. The van der Waals surface area contributed by atoms with Crippen molar-refractivity contribution in [1.82, 2.24) is 20.2 Å². The number of piperidine rings is 1. The summed E-state index contributed by atoms with van der Waals surface area (Å²) in [5.74, 6) is 1.73. The summed E-state index contributed by atoms with van der Waals surface area (Å²) in [5.41, 5.74) is 0. The van der Waals surface area contributed by atoms with E-state index in [9.17, 15) is 9.59 Å². The van der Waals surface area contributed by atoms with Crippen LogP contribution in [0.4, 0.5) is 0 Å². The van der Waals surface area contributed by atoms with Gasteiger partial charge < -0.3 is 15.2 Å². The van der Waals surface area contributed by atoms with Gasteiger partial charge in [0.15, 0.2) is 0 Å². The number of H-pyrrole nitrogens is 1. The number of likely N-dealkylation sites (tertiary alicyclic amines) is 1. The van der Waals surface area contributed by atoms with E-state index in [1.54, 1.807) is 12.4 Å². The molecule has 3 rings (SSSR count). The molecule has 0 spiro atoms. The van der Waals surface area contributed by atoms with E-state index < -0.39 is 0 Å². The van der Waals surface area contributed by atoms with Gasteiger partial charge in [0.1, 0.15) is 5.82 Å². The molecular formula is C16H24N4O2. The van der Waals surface area contributed by atoms with Crippen LogP contribution in [0.2, 0.25) is 0 Å². The smallest absolute Gasteiger partial charge is 0.224 e. The number of amides is 2. The maximum Gasteiger partial charge on any atom is 0.224 e. The lowest BCUT2D eigenvalue weighted by molar-refractivity contribution is -0.135. The van der Waals surface area contributed by atoms with Crippen molar-refractivity contribution < 1.29 is 9.59 Å². The van der Waals surface area contributed by atoms with Crippen LogP contribution in [-0.2, 0) is 16.0 Å². The summed E-state index contributed by atoms with van der Waals surface area (Å²) < 4.78 is 0. The highest BCUT2D eigenvalue weighted by atomic mass is 16.2. The average molecular weight is 304 g/mol. The molecule has 6 nitrogen and oxygen atoms in total. The second-order valence-electron chi connectivity index (χ2n) is 6.40. The Morgan fingerprint density at radius 2 is 2.23 bits per heavy atom. The summed E-state index contributed by atoms with van der Waals surface area (Å²) in [6.45, 7) is 2.14. The van der Waals surface area contributed by atoms with Crippen molar-refractivity contribution in [3.63, 3.8) is 0 Å². The molecule has 1 aromatic heterocycles. The van der Waals surface area contributed by atoms with E-state index in [1.807, 2.05) is 4.90 Å². The molecular weight excluding hydrogens is 280 g/mol. The van der Waals surface area contributed by atoms with E-state index in [2.05, 4.69) is 15.3 Å². The highest BCUT2D eigenvalue weighted by molar-refractivity contribution is 5.81. The Morgan fingerprint density at radius 1 is 1.36 bits per heavy atom. The number of hydrogen-bond acceptors (Lipinski definition) is 3. The van der Waals surface area contributed by atoms with Crippen molar-refractivity contribution >= 4 is 11.8 Å². The summed E-state index contributed by atoms with van der Waals surface area (Å²) in [5, 5.41) is 3.04. The molecule has 2 aliphatic rings. The van der Waals surface area contributed by atoms with Gasteiger partial charge in [-0.3, -0.25) is 9.59 Å². The van der Waals surface area contributed by atoms with Crippen molar-refractivity contribution in [2.75, 3.05) is 19.6 Å². The number of aromatic nitrogens is 2. The molecule has 6 heteroatoms. The molecule has 2 fully saturated rings. The first-order valence-electron chi connectivity index (χ1n) is 8.26. The first-order chi connectivity index (χ1) is 10.7. The van der Waals surface area contributed by atoms with Gasteiger partial charge in [-0.2, -0.15) is 0 Å². The second-order valence-corrected chi connectivity index (χ2v) is 6.40. The topological polar surface area (TPSA) is 78.1 Å². The molecule has 0 radical (unpaired) electrons. The molecule has 1 aliphatic carbocycles.